The lowest BCUT2D eigenvalue weighted by molar-refractivity contribution is -0.0936. The van der Waals surface area contributed by atoms with Gasteiger partial charge in [-0.15, -0.1) is 0 Å². The number of hydrogen-bond donors (Lipinski definition) is 1. The molecular formula is C10H8F5NO. The van der Waals surface area contributed by atoms with Gasteiger partial charge in [0.1, 0.15) is 5.75 Å². The Hall–Kier alpha value is -1.79. The molecule has 0 aromatic heterocycles. The molecule has 0 amide bonds. The third-order valence-corrected chi connectivity index (χ3v) is 1.83. The minimum atomic E-state index is -5.13. The molecule has 0 saturated carbocycles. The van der Waals surface area contributed by atoms with E-state index < -0.39 is 18.0 Å². The normalized spacial score (nSPS) is 10.9. The van der Waals surface area contributed by atoms with Crippen molar-refractivity contribution >= 4 is 5.69 Å². The van der Waals surface area contributed by atoms with E-state index in [2.05, 4.69) is 0 Å². The van der Waals surface area contributed by atoms with Crippen LogP contribution < -0.4 is 10.1 Å². The molecule has 0 saturated heterocycles. The van der Waals surface area contributed by atoms with E-state index in [9.17, 15) is 22.0 Å². The summed E-state index contributed by atoms with van der Waals surface area (Å²) in [5.41, 5.74) is -2.17. The molecule has 17 heavy (non-hydrogen) atoms. The van der Waals surface area contributed by atoms with Crippen LogP contribution in [0.2, 0.25) is 0 Å². The summed E-state index contributed by atoms with van der Waals surface area (Å²) in [6.07, 6.45) is -7.94. The van der Waals surface area contributed by atoms with Gasteiger partial charge in [0, 0.05) is 5.69 Å². The van der Waals surface area contributed by atoms with Crippen LogP contribution in [-0.2, 0) is 0 Å². The second kappa shape index (κ2) is 5.03. The average Bonchev–Trinajstić information content (AvgIpc) is 2.24. The van der Waals surface area contributed by atoms with E-state index in [0.717, 1.165) is 0 Å². The number of alkyl halides is 3. The Kier molecular flexibility index (Phi) is 3.93. The predicted octanol–water partition coefficient (Wildman–Crippen LogP) is 3.78. The molecule has 0 heterocycles. The number of anilines is 1. The number of halogens is 5. The van der Waals surface area contributed by atoms with Crippen LogP contribution in [0.1, 0.15) is 0 Å². The van der Waals surface area contributed by atoms with Gasteiger partial charge in [-0.3, -0.25) is 0 Å². The molecule has 1 N–H and O–H groups in total. The predicted molar refractivity (Wildman–Crippen MR) is 51.9 cm³/mol. The Morgan fingerprint density at radius 1 is 1.12 bits per heavy atom. The van der Waals surface area contributed by atoms with Crippen LogP contribution in [0.4, 0.5) is 27.6 Å². The van der Waals surface area contributed by atoms with E-state index in [1.165, 1.54) is 31.4 Å². The maximum atomic E-state index is 12.2. The fourth-order valence-corrected chi connectivity index (χ4v) is 1.04. The maximum absolute atomic E-state index is 12.2. The Morgan fingerprint density at radius 2 is 1.65 bits per heavy atom. The van der Waals surface area contributed by atoms with Crippen molar-refractivity contribution in [3.05, 3.63) is 36.0 Å². The Bertz CT molecular complexity index is 406. The highest BCUT2D eigenvalue weighted by molar-refractivity contribution is 5.51. The lowest BCUT2D eigenvalue weighted by Crippen LogP contribution is -2.20. The largest absolute Gasteiger partial charge is 0.497 e. The number of ether oxygens (including phenoxy) is 1. The van der Waals surface area contributed by atoms with Gasteiger partial charge in [-0.1, -0.05) is 0 Å². The molecule has 0 atom stereocenters. The second-order valence-corrected chi connectivity index (χ2v) is 2.99. The van der Waals surface area contributed by atoms with Gasteiger partial charge in [0.15, 0.2) is 5.70 Å². The third kappa shape index (κ3) is 3.61. The molecule has 2 nitrogen and oxygen atoms in total. The van der Waals surface area contributed by atoms with E-state index in [-0.39, 0.29) is 5.69 Å². The molecular weight excluding hydrogens is 245 g/mol. The summed E-state index contributed by atoms with van der Waals surface area (Å²) in [5.74, 6) is 0.411. The monoisotopic (exact) mass is 253 g/mol. The van der Waals surface area contributed by atoms with Crippen LogP contribution in [0.15, 0.2) is 36.0 Å². The van der Waals surface area contributed by atoms with E-state index in [4.69, 9.17) is 4.74 Å². The first-order chi connectivity index (χ1) is 7.84. The summed E-state index contributed by atoms with van der Waals surface area (Å²) in [5, 5.41) is 1.62. The molecule has 0 bridgehead atoms. The zero-order chi connectivity index (χ0) is 13.1. The van der Waals surface area contributed by atoms with Crippen LogP contribution in [0.3, 0.4) is 0 Å². The van der Waals surface area contributed by atoms with Crippen molar-refractivity contribution in [3.8, 4) is 5.75 Å². The first kappa shape index (κ1) is 13.3. The zero-order valence-corrected chi connectivity index (χ0v) is 8.61. The standard InChI is InChI=1S/C10H8F5NO/c1-17-7-4-2-6(3-5-7)16-8(9(11)12)10(13,14)15/h2-5,16H,1H3. The van der Waals surface area contributed by atoms with Gasteiger partial charge in [-0.05, 0) is 24.3 Å². The van der Waals surface area contributed by atoms with Gasteiger partial charge in [-0.2, -0.15) is 22.0 Å². The zero-order valence-electron chi connectivity index (χ0n) is 8.61. The van der Waals surface area contributed by atoms with Crippen molar-refractivity contribution in [1.29, 1.82) is 0 Å². The minimum Gasteiger partial charge on any atom is -0.497 e. The SMILES string of the molecule is COc1ccc(NC(=C(F)F)C(F)(F)F)cc1. The molecule has 7 heteroatoms. The van der Waals surface area contributed by atoms with Crippen LogP contribution in [0.5, 0.6) is 5.75 Å². The summed E-state index contributed by atoms with van der Waals surface area (Å²) in [6, 6.07) is 5.11. The van der Waals surface area contributed by atoms with E-state index in [1.807, 2.05) is 0 Å². The summed E-state index contributed by atoms with van der Waals surface area (Å²) in [4.78, 5) is 0. The number of rotatable bonds is 3. The van der Waals surface area contributed by atoms with E-state index in [1.54, 1.807) is 5.32 Å². The molecule has 0 aliphatic heterocycles. The van der Waals surface area contributed by atoms with Gasteiger partial charge in [0.25, 0.3) is 6.08 Å². The highest BCUT2D eigenvalue weighted by Crippen LogP contribution is 2.30. The summed E-state index contributed by atoms with van der Waals surface area (Å²) < 4.78 is 65.5. The van der Waals surface area contributed by atoms with Crippen LogP contribution >= 0.6 is 0 Å². The van der Waals surface area contributed by atoms with Crippen molar-refractivity contribution in [3.63, 3.8) is 0 Å². The number of hydrogen-bond acceptors (Lipinski definition) is 2. The van der Waals surface area contributed by atoms with Crippen molar-refractivity contribution in [2.45, 2.75) is 6.18 Å². The van der Waals surface area contributed by atoms with Crippen molar-refractivity contribution in [2.24, 2.45) is 0 Å². The molecule has 0 radical (unpaired) electrons. The Balaban J connectivity index is 2.92. The molecule has 0 fully saturated rings. The number of benzene rings is 1. The third-order valence-electron chi connectivity index (χ3n) is 1.83. The molecule has 0 unspecified atom stereocenters. The minimum absolute atomic E-state index is 0.106. The molecule has 0 spiro atoms. The number of methoxy groups -OCH3 is 1. The highest BCUT2D eigenvalue weighted by Gasteiger charge is 2.38. The van der Waals surface area contributed by atoms with E-state index >= 15 is 0 Å². The maximum Gasteiger partial charge on any atom is 0.436 e. The van der Waals surface area contributed by atoms with Gasteiger partial charge >= 0.3 is 6.18 Å². The van der Waals surface area contributed by atoms with Gasteiger partial charge < -0.3 is 10.1 Å². The molecule has 94 valence electrons. The highest BCUT2D eigenvalue weighted by atomic mass is 19.4. The first-order valence-corrected chi connectivity index (χ1v) is 4.38. The summed E-state index contributed by atoms with van der Waals surface area (Å²) in [6.45, 7) is 0. The number of allylic oxidation sites excluding steroid dienone is 1. The summed E-state index contributed by atoms with van der Waals surface area (Å²) >= 11 is 0. The van der Waals surface area contributed by atoms with Crippen molar-refractivity contribution in [2.75, 3.05) is 12.4 Å². The molecule has 1 rings (SSSR count). The number of nitrogens with one attached hydrogen (secondary N) is 1. The van der Waals surface area contributed by atoms with Gasteiger partial charge in [0.2, 0.25) is 0 Å². The molecule has 0 aliphatic carbocycles. The quantitative estimate of drug-likeness (QED) is 0.828. The fraction of sp³-hybridized carbons (Fsp3) is 0.200. The molecule has 1 aromatic carbocycles. The average molecular weight is 253 g/mol. The van der Waals surface area contributed by atoms with E-state index in [0.29, 0.717) is 5.75 Å². The first-order valence-electron chi connectivity index (χ1n) is 4.38. The van der Waals surface area contributed by atoms with Crippen LogP contribution in [-0.4, -0.2) is 13.3 Å². The second-order valence-electron chi connectivity index (χ2n) is 2.99. The molecule has 1 aromatic rings. The van der Waals surface area contributed by atoms with Crippen molar-refractivity contribution in [1.82, 2.24) is 0 Å². The lowest BCUT2D eigenvalue weighted by Gasteiger charge is -2.13. The Morgan fingerprint density at radius 3 is 2.00 bits per heavy atom. The smallest absolute Gasteiger partial charge is 0.436 e. The van der Waals surface area contributed by atoms with Gasteiger partial charge in [0.05, 0.1) is 7.11 Å². The summed E-state index contributed by atoms with van der Waals surface area (Å²) in [7, 11) is 1.38. The topological polar surface area (TPSA) is 21.3 Å². The van der Waals surface area contributed by atoms with Gasteiger partial charge in [-0.25, -0.2) is 0 Å². The van der Waals surface area contributed by atoms with Crippen LogP contribution in [0, 0.1) is 0 Å². The van der Waals surface area contributed by atoms with Crippen LogP contribution in [0.25, 0.3) is 0 Å². The Labute approximate surface area is 93.7 Å². The molecule has 0 aliphatic rings. The van der Waals surface area contributed by atoms with Crippen molar-refractivity contribution < 1.29 is 26.7 Å². The lowest BCUT2D eigenvalue weighted by atomic mass is 10.3. The fourth-order valence-electron chi connectivity index (χ4n) is 1.04.